The molecule has 1 aliphatic carbocycles. The van der Waals surface area contributed by atoms with Crippen molar-refractivity contribution in [2.24, 2.45) is 5.41 Å². The number of fused-ring (bicyclic) bond motifs is 3. The first-order valence-electron chi connectivity index (χ1n) is 7.13. The summed E-state index contributed by atoms with van der Waals surface area (Å²) in [7, 11) is 0. The molecule has 1 spiro atoms. The summed E-state index contributed by atoms with van der Waals surface area (Å²) in [6.07, 6.45) is 6.02. The van der Waals surface area contributed by atoms with E-state index in [1.165, 1.54) is 31.4 Å². The Morgan fingerprint density at radius 3 is 2.89 bits per heavy atom. The molecule has 1 unspecified atom stereocenters. The van der Waals surface area contributed by atoms with Crippen molar-refractivity contribution in [1.29, 1.82) is 0 Å². The van der Waals surface area contributed by atoms with Crippen LogP contribution in [0.5, 0.6) is 5.75 Å². The van der Waals surface area contributed by atoms with Crippen molar-refractivity contribution >= 4 is 5.82 Å². The second-order valence-corrected chi connectivity index (χ2v) is 5.58. The van der Waals surface area contributed by atoms with Gasteiger partial charge in [0.15, 0.2) is 11.6 Å². The average Bonchev–Trinajstić information content (AvgIpc) is 3.03. The van der Waals surface area contributed by atoms with Crippen LogP contribution in [0.1, 0.15) is 38.7 Å². The third-order valence-corrected chi connectivity index (χ3v) is 4.35. The van der Waals surface area contributed by atoms with Crippen molar-refractivity contribution in [1.82, 2.24) is 4.98 Å². The molecule has 0 amide bonds. The van der Waals surface area contributed by atoms with Gasteiger partial charge in [0.2, 0.25) is 0 Å². The Balaban J connectivity index is 0.000000478. The molecule has 4 rings (SSSR count). The first kappa shape index (κ1) is 11.8. The van der Waals surface area contributed by atoms with Crippen LogP contribution in [-0.4, -0.2) is 24.2 Å². The van der Waals surface area contributed by atoms with E-state index in [2.05, 4.69) is 16.8 Å². The average molecular weight is 246 g/mol. The molecule has 0 aromatic carbocycles. The summed E-state index contributed by atoms with van der Waals surface area (Å²) in [6.45, 7) is 8.15. The lowest BCUT2D eigenvalue weighted by Gasteiger charge is -2.32. The highest BCUT2D eigenvalue weighted by Gasteiger charge is 2.53. The highest BCUT2D eigenvalue weighted by atomic mass is 16.5. The summed E-state index contributed by atoms with van der Waals surface area (Å²) >= 11 is 0. The number of hydrogen-bond donors (Lipinski definition) is 0. The molecule has 1 aromatic rings. The molecule has 0 radical (unpaired) electrons. The summed E-state index contributed by atoms with van der Waals surface area (Å²) in [5.41, 5.74) is 1.83. The zero-order valence-corrected chi connectivity index (χ0v) is 11.6. The summed E-state index contributed by atoms with van der Waals surface area (Å²) in [5.74, 6) is 2.09. The van der Waals surface area contributed by atoms with Crippen LogP contribution in [0, 0.1) is 12.3 Å². The van der Waals surface area contributed by atoms with Crippen molar-refractivity contribution in [2.75, 3.05) is 18.1 Å². The first-order chi connectivity index (χ1) is 8.77. The molecular weight excluding hydrogens is 224 g/mol. The van der Waals surface area contributed by atoms with Crippen LogP contribution in [0.25, 0.3) is 0 Å². The summed E-state index contributed by atoms with van der Waals surface area (Å²) in [5, 5.41) is 0. The van der Waals surface area contributed by atoms with E-state index < -0.39 is 0 Å². The van der Waals surface area contributed by atoms with Crippen molar-refractivity contribution in [3.63, 3.8) is 0 Å². The standard InChI is InChI=1S/C13H16N2O.C2H6/c1-9-2-5-14-12-11(9)16-7-10-6-13(3-4-13)8-15(10)12;1-2/h2,5,10H,3-4,6-8H2,1H3;1-2H3. The van der Waals surface area contributed by atoms with Crippen LogP contribution in [0.15, 0.2) is 12.3 Å². The lowest BCUT2D eigenvalue weighted by atomic mass is 10.0. The Labute approximate surface area is 109 Å². The van der Waals surface area contributed by atoms with Gasteiger partial charge in [-0.3, -0.25) is 0 Å². The maximum absolute atomic E-state index is 5.89. The minimum absolute atomic E-state index is 0.573. The molecule has 3 nitrogen and oxygen atoms in total. The molecular formula is C15H22N2O. The molecule has 1 atom stereocenters. The van der Waals surface area contributed by atoms with Gasteiger partial charge in [-0.25, -0.2) is 4.98 Å². The van der Waals surface area contributed by atoms with Gasteiger partial charge in [0.25, 0.3) is 0 Å². The van der Waals surface area contributed by atoms with Crippen LogP contribution in [0.2, 0.25) is 0 Å². The lowest BCUT2D eigenvalue weighted by molar-refractivity contribution is 0.265. The number of anilines is 1. The number of aromatic nitrogens is 1. The molecule has 3 aliphatic rings. The zero-order chi connectivity index (χ0) is 12.8. The fourth-order valence-electron chi connectivity index (χ4n) is 3.19. The third-order valence-electron chi connectivity index (χ3n) is 4.35. The molecule has 1 aromatic heterocycles. The van der Waals surface area contributed by atoms with Gasteiger partial charge in [-0.15, -0.1) is 0 Å². The van der Waals surface area contributed by atoms with Gasteiger partial charge in [0, 0.05) is 12.7 Å². The number of aryl methyl sites for hydroxylation is 1. The van der Waals surface area contributed by atoms with E-state index in [1.807, 2.05) is 26.1 Å². The van der Waals surface area contributed by atoms with Crippen LogP contribution >= 0.6 is 0 Å². The molecule has 2 aliphatic heterocycles. The van der Waals surface area contributed by atoms with E-state index in [-0.39, 0.29) is 0 Å². The third kappa shape index (κ3) is 1.68. The Morgan fingerprint density at radius 1 is 1.39 bits per heavy atom. The number of nitrogens with zero attached hydrogens (tertiary/aromatic N) is 2. The fraction of sp³-hybridized carbons (Fsp3) is 0.667. The van der Waals surface area contributed by atoms with Crippen LogP contribution < -0.4 is 9.64 Å². The van der Waals surface area contributed by atoms with E-state index in [4.69, 9.17) is 4.74 Å². The quantitative estimate of drug-likeness (QED) is 0.703. The number of pyridine rings is 1. The maximum atomic E-state index is 5.89. The Morgan fingerprint density at radius 2 is 2.17 bits per heavy atom. The van der Waals surface area contributed by atoms with Crippen molar-refractivity contribution in [2.45, 2.75) is 46.1 Å². The van der Waals surface area contributed by atoms with Gasteiger partial charge in [-0.05, 0) is 43.2 Å². The van der Waals surface area contributed by atoms with Gasteiger partial charge in [0.05, 0.1) is 6.04 Å². The zero-order valence-electron chi connectivity index (χ0n) is 11.6. The highest BCUT2D eigenvalue weighted by Crippen LogP contribution is 2.57. The molecule has 1 saturated heterocycles. The Hall–Kier alpha value is -1.25. The summed E-state index contributed by atoms with van der Waals surface area (Å²) in [6, 6.07) is 2.60. The van der Waals surface area contributed by atoms with Gasteiger partial charge in [-0.2, -0.15) is 0 Å². The minimum Gasteiger partial charge on any atom is -0.487 e. The number of ether oxygens (including phenoxy) is 1. The largest absolute Gasteiger partial charge is 0.487 e. The van der Waals surface area contributed by atoms with Crippen LogP contribution in [0.4, 0.5) is 5.82 Å². The van der Waals surface area contributed by atoms with Crippen molar-refractivity contribution < 1.29 is 4.74 Å². The molecule has 18 heavy (non-hydrogen) atoms. The smallest absolute Gasteiger partial charge is 0.172 e. The van der Waals surface area contributed by atoms with Gasteiger partial charge in [-0.1, -0.05) is 13.8 Å². The van der Waals surface area contributed by atoms with Gasteiger partial charge >= 0.3 is 0 Å². The van der Waals surface area contributed by atoms with Crippen molar-refractivity contribution in [3.05, 3.63) is 17.8 Å². The van der Waals surface area contributed by atoms with E-state index in [9.17, 15) is 0 Å². The van der Waals surface area contributed by atoms with E-state index >= 15 is 0 Å². The highest BCUT2D eigenvalue weighted by molar-refractivity contribution is 5.59. The van der Waals surface area contributed by atoms with E-state index in [0.717, 1.165) is 18.2 Å². The van der Waals surface area contributed by atoms with E-state index in [1.54, 1.807) is 0 Å². The molecule has 1 saturated carbocycles. The number of rotatable bonds is 0. The maximum Gasteiger partial charge on any atom is 0.172 e. The number of hydrogen-bond acceptors (Lipinski definition) is 3. The predicted molar refractivity (Wildman–Crippen MR) is 73.2 cm³/mol. The molecule has 0 bridgehead atoms. The molecule has 3 heteroatoms. The Bertz CT molecular complexity index is 454. The van der Waals surface area contributed by atoms with Crippen LogP contribution in [-0.2, 0) is 0 Å². The SMILES string of the molecule is CC.Cc1ccnc2c1OCC1CC3(CC3)CN21. The second kappa shape index (κ2) is 4.15. The normalized spacial score (nSPS) is 25.7. The van der Waals surface area contributed by atoms with Gasteiger partial charge < -0.3 is 9.64 Å². The predicted octanol–water partition coefficient (Wildman–Crippen LogP) is 3.17. The fourth-order valence-corrected chi connectivity index (χ4v) is 3.19. The lowest BCUT2D eigenvalue weighted by Crippen LogP contribution is -2.39. The second-order valence-electron chi connectivity index (χ2n) is 5.58. The molecule has 3 heterocycles. The molecule has 0 N–H and O–H groups in total. The molecule has 98 valence electrons. The summed E-state index contributed by atoms with van der Waals surface area (Å²) in [4.78, 5) is 7.00. The Kier molecular flexibility index (Phi) is 2.72. The van der Waals surface area contributed by atoms with Crippen LogP contribution in [0.3, 0.4) is 0 Å². The summed E-state index contributed by atoms with van der Waals surface area (Å²) < 4.78 is 5.89. The minimum atomic E-state index is 0.573. The van der Waals surface area contributed by atoms with Gasteiger partial charge in [0.1, 0.15) is 6.61 Å². The monoisotopic (exact) mass is 246 g/mol. The van der Waals surface area contributed by atoms with E-state index in [0.29, 0.717) is 11.5 Å². The topological polar surface area (TPSA) is 25.4 Å². The first-order valence-corrected chi connectivity index (χ1v) is 7.13. The molecule has 2 fully saturated rings. The van der Waals surface area contributed by atoms with Crippen molar-refractivity contribution in [3.8, 4) is 5.75 Å².